The monoisotopic (exact) mass is 331 g/mol. The fourth-order valence-electron chi connectivity index (χ4n) is 3.47. The predicted molar refractivity (Wildman–Crippen MR) is 89.8 cm³/mol. The molecule has 5 heteroatoms. The van der Waals surface area contributed by atoms with Crippen LogP contribution in [0, 0.1) is 5.92 Å². The summed E-state index contributed by atoms with van der Waals surface area (Å²) in [5.41, 5.74) is 1.19. The molecular formula is C18H21NO3S. The molecule has 1 unspecified atom stereocenters. The van der Waals surface area contributed by atoms with Crippen LogP contribution in [0.4, 0.5) is 0 Å². The third-order valence-electron chi connectivity index (χ3n) is 4.79. The third-order valence-corrected chi connectivity index (χ3v) is 5.73. The lowest BCUT2D eigenvalue weighted by Gasteiger charge is -2.34. The number of thiophene rings is 1. The molecule has 122 valence electrons. The first-order valence-electron chi connectivity index (χ1n) is 8.12. The summed E-state index contributed by atoms with van der Waals surface area (Å²) in [7, 11) is 0. The number of hydrogen-bond acceptors (Lipinski definition) is 5. The van der Waals surface area contributed by atoms with E-state index in [1.165, 1.54) is 5.56 Å². The summed E-state index contributed by atoms with van der Waals surface area (Å²) >= 11 is 1.65. The van der Waals surface area contributed by atoms with Crippen molar-refractivity contribution in [3.8, 4) is 11.5 Å². The van der Waals surface area contributed by atoms with E-state index >= 15 is 0 Å². The number of para-hydroxylation sites is 1. The van der Waals surface area contributed by atoms with Crippen LogP contribution in [0.2, 0.25) is 0 Å². The number of benzene rings is 1. The zero-order chi connectivity index (χ0) is 15.6. The van der Waals surface area contributed by atoms with Gasteiger partial charge in [-0.15, -0.1) is 11.3 Å². The Morgan fingerprint density at radius 1 is 1.17 bits per heavy atom. The van der Waals surface area contributed by atoms with E-state index in [1.54, 1.807) is 11.3 Å². The highest BCUT2D eigenvalue weighted by atomic mass is 32.1. The number of likely N-dealkylation sites (tertiary alicyclic amines) is 1. The van der Waals surface area contributed by atoms with Gasteiger partial charge in [-0.1, -0.05) is 18.2 Å². The van der Waals surface area contributed by atoms with Crippen molar-refractivity contribution in [1.82, 2.24) is 4.90 Å². The lowest BCUT2D eigenvalue weighted by molar-refractivity contribution is 0.0588. The molecule has 4 nitrogen and oxygen atoms in total. The number of rotatable bonds is 4. The normalized spacial score (nSPS) is 19.9. The maximum Gasteiger partial charge on any atom is 0.231 e. The lowest BCUT2D eigenvalue weighted by Crippen LogP contribution is -2.35. The molecule has 0 radical (unpaired) electrons. The zero-order valence-electron chi connectivity index (χ0n) is 13.0. The third kappa shape index (κ3) is 3.09. The van der Waals surface area contributed by atoms with Gasteiger partial charge in [0, 0.05) is 17.0 Å². The highest BCUT2D eigenvalue weighted by molar-refractivity contribution is 7.10. The van der Waals surface area contributed by atoms with E-state index in [0.717, 1.165) is 48.9 Å². The average Bonchev–Trinajstić information content (AvgIpc) is 3.27. The summed E-state index contributed by atoms with van der Waals surface area (Å²) in [5.74, 6) is 2.12. The zero-order valence-corrected chi connectivity index (χ0v) is 13.8. The van der Waals surface area contributed by atoms with Crippen molar-refractivity contribution in [2.75, 3.05) is 19.9 Å². The van der Waals surface area contributed by atoms with Crippen LogP contribution in [0.5, 0.6) is 11.5 Å². The molecule has 2 aliphatic heterocycles. The highest BCUT2D eigenvalue weighted by Crippen LogP contribution is 2.37. The molecule has 0 spiro atoms. The Kier molecular flexibility index (Phi) is 4.25. The van der Waals surface area contributed by atoms with Gasteiger partial charge in [-0.25, -0.2) is 0 Å². The largest absolute Gasteiger partial charge is 0.454 e. The van der Waals surface area contributed by atoms with Crippen molar-refractivity contribution >= 4 is 11.3 Å². The topological polar surface area (TPSA) is 41.9 Å². The standard InChI is InChI=1S/C18H21NO3S/c20-17(16-5-2-10-23-16)13-6-8-19(9-7-13)11-14-3-1-4-15-18(14)22-12-21-15/h1-5,10,13,17,20H,6-9,11-12H2. The van der Waals surface area contributed by atoms with Crippen LogP contribution >= 0.6 is 11.3 Å². The highest BCUT2D eigenvalue weighted by Gasteiger charge is 2.27. The molecule has 1 fully saturated rings. The van der Waals surface area contributed by atoms with Gasteiger partial charge in [0.05, 0.1) is 6.10 Å². The predicted octanol–water partition coefficient (Wildman–Crippen LogP) is 3.42. The summed E-state index contributed by atoms with van der Waals surface area (Å²) in [6, 6.07) is 10.1. The molecule has 4 rings (SSSR count). The maximum atomic E-state index is 10.5. The van der Waals surface area contributed by atoms with Crippen molar-refractivity contribution in [2.45, 2.75) is 25.5 Å². The first kappa shape index (κ1) is 15.0. The van der Waals surface area contributed by atoms with E-state index < -0.39 is 0 Å². The molecule has 1 atom stereocenters. The van der Waals surface area contributed by atoms with Crippen LogP contribution in [-0.4, -0.2) is 29.9 Å². The smallest absolute Gasteiger partial charge is 0.231 e. The van der Waals surface area contributed by atoms with Crippen LogP contribution < -0.4 is 9.47 Å². The molecular weight excluding hydrogens is 310 g/mol. The van der Waals surface area contributed by atoms with Gasteiger partial charge in [0.15, 0.2) is 11.5 Å². The quantitative estimate of drug-likeness (QED) is 0.932. The SMILES string of the molecule is OC(c1cccs1)C1CCN(Cc2cccc3c2OCO3)CC1. The Labute approximate surface area is 140 Å². The second-order valence-corrected chi connectivity index (χ2v) is 7.20. The van der Waals surface area contributed by atoms with Crippen molar-refractivity contribution in [2.24, 2.45) is 5.92 Å². The van der Waals surface area contributed by atoms with Gasteiger partial charge < -0.3 is 14.6 Å². The minimum Gasteiger partial charge on any atom is -0.454 e. The van der Waals surface area contributed by atoms with Gasteiger partial charge in [0.2, 0.25) is 6.79 Å². The van der Waals surface area contributed by atoms with Gasteiger partial charge in [0.1, 0.15) is 0 Å². The Morgan fingerprint density at radius 3 is 2.83 bits per heavy atom. The Balaban J connectivity index is 1.36. The van der Waals surface area contributed by atoms with Gasteiger partial charge in [-0.2, -0.15) is 0 Å². The lowest BCUT2D eigenvalue weighted by atomic mass is 9.90. The van der Waals surface area contributed by atoms with Crippen molar-refractivity contribution < 1.29 is 14.6 Å². The van der Waals surface area contributed by atoms with Crippen LogP contribution in [0.3, 0.4) is 0 Å². The first-order valence-corrected chi connectivity index (χ1v) is 9.00. The molecule has 1 aromatic carbocycles. The summed E-state index contributed by atoms with van der Waals surface area (Å²) in [6.45, 7) is 3.23. The molecule has 3 heterocycles. The fraction of sp³-hybridized carbons (Fsp3) is 0.444. The molecule has 0 bridgehead atoms. The molecule has 1 aromatic heterocycles. The van der Waals surface area contributed by atoms with E-state index in [9.17, 15) is 5.11 Å². The summed E-state index contributed by atoms with van der Waals surface area (Å²) in [4.78, 5) is 3.53. The number of hydrogen-bond donors (Lipinski definition) is 1. The minimum atomic E-state index is -0.310. The molecule has 0 saturated carbocycles. The van der Waals surface area contributed by atoms with E-state index in [-0.39, 0.29) is 6.10 Å². The Morgan fingerprint density at radius 2 is 2.04 bits per heavy atom. The van der Waals surface area contributed by atoms with E-state index in [2.05, 4.69) is 11.0 Å². The molecule has 1 saturated heterocycles. The number of piperidine rings is 1. The van der Waals surface area contributed by atoms with Crippen LogP contribution in [0.1, 0.15) is 29.4 Å². The average molecular weight is 331 g/mol. The minimum absolute atomic E-state index is 0.310. The van der Waals surface area contributed by atoms with Crippen LogP contribution in [0.15, 0.2) is 35.7 Å². The summed E-state index contributed by atoms with van der Waals surface area (Å²) in [6.07, 6.45) is 1.76. The number of nitrogens with zero attached hydrogens (tertiary/aromatic N) is 1. The summed E-state index contributed by atoms with van der Waals surface area (Å²) in [5, 5.41) is 12.5. The molecule has 23 heavy (non-hydrogen) atoms. The van der Waals surface area contributed by atoms with E-state index in [1.807, 2.05) is 29.6 Å². The van der Waals surface area contributed by atoms with Crippen molar-refractivity contribution in [1.29, 1.82) is 0 Å². The van der Waals surface area contributed by atoms with Gasteiger partial charge in [-0.3, -0.25) is 4.90 Å². The van der Waals surface area contributed by atoms with Crippen molar-refractivity contribution in [3.05, 3.63) is 46.2 Å². The number of aliphatic hydroxyl groups excluding tert-OH is 1. The van der Waals surface area contributed by atoms with Crippen LogP contribution in [-0.2, 0) is 6.54 Å². The number of ether oxygens (including phenoxy) is 2. The van der Waals surface area contributed by atoms with Gasteiger partial charge >= 0.3 is 0 Å². The second kappa shape index (κ2) is 6.51. The first-order chi connectivity index (χ1) is 11.3. The molecule has 0 aliphatic carbocycles. The van der Waals surface area contributed by atoms with Crippen LogP contribution in [0.25, 0.3) is 0 Å². The molecule has 1 N–H and O–H groups in total. The van der Waals surface area contributed by atoms with E-state index in [0.29, 0.717) is 12.7 Å². The molecule has 2 aliphatic rings. The fourth-order valence-corrected chi connectivity index (χ4v) is 4.28. The second-order valence-electron chi connectivity index (χ2n) is 6.22. The molecule has 2 aromatic rings. The van der Waals surface area contributed by atoms with Gasteiger partial charge in [0.25, 0.3) is 0 Å². The van der Waals surface area contributed by atoms with E-state index in [4.69, 9.17) is 9.47 Å². The maximum absolute atomic E-state index is 10.5. The summed E-state index contributed by atoms with van der Waals surface area (Å²) < 4.78 is 11.0. The number of aliphatic hydroxyl groups is 1. The molecule has 0 amide bonds. The number of fused-ring (bicyclic) bond motifs is 1. The Bertz CT molecular complexity index is 650. The van der Waals surface area contributed by atoms with Gasteiger partial charge in [-0.05, 0) is 49.4 Å². The Hall–Kier alpha value is -1.56. The van der Waals surface area contributed by atoms with Crippen molar-refractivity contribution in [3.63, 3.8) is 0 Å².